The second kappa shape index (κ2) is 5.15. The standard InChI is InChI=1S/C12H7BrF3NO3S/c13-6-1-5(2-7-10(6)20-4-19-7)9(18)8-3-17-11(21-8)12(14,15)16/h1-3,9,18H,4H2. The van der Waals surface area contributed by atoms with Gasteiger partial charge in [0.15, 0.2) is 16.5 Å². The van der Waals surface area contributed by atoms with Gasteiger partial charge >= 0.3 is 6.18 Å². The predicted molar refractivity (Wildman–Crippen MR) is 71.4 cm³/mol. The summed E-state index contributed by atoms with van der Waals surface area (Å²) in [6.45, 7) is 0.0618. The smallest absolute Gasteiger partial charge is 0.443 e. The number of fused-ring (bicyclic) bond motifs is 1. The molecule has 1 atom stereocenters. The summed E-state index contributed by atoms with van der Waals surface area (Å²) in [6, 6.07) is 3.11. The van der Waals surface area contributed by atoms with Crippen molar-refractivity contribution < 1.29 is 27.8 Å². The van der Waals surface area contributed by atoms with Crippen molar-refractivity contribution in [3.05, 3.63) is 38.3 Å². The Morgan fingerprint density at radius 1 is 1.33 bits per heavy atom. The lowest BCUT2D eigenvalue weighted by Gasteiger charge is -2.10. The summed E-state index contributed by atoms with van der Waals surface area (Å²) in [5.41, 5.74) is 0.392. The number of halogens is 4. The molecule has 1 N–H and O–H groups in total. The van der Waals surface area contributed by atoms with Gasteiger partial charge in [-0.25, -0.2) is 4.98 Å². The summed E-state index contributed by atoms with van der Waals surface area (Å²) in [6.07, 6.45) is -4.71. The third kappa shape index (κ3) is 2.72. The Hall–Kier alpha value is -1.32. The molecule has 0 radical (unpaired) electrons. The third-order valence-electron chi connectivity index (χ3n) is 2.80. The maximum absolute atomic E-state index is 12.5. The van der Waals surface area contributed by atoms with Crippen LogP contribution in [0.2, 0.25) is 0 Å². The van der Waals surface area contributed by atoms with Gasteiger partial charge in [-0.3, -0.25) is 0 Å². The minimum atomic E-state index is -4.52. The lowest BCUT2D eigenvalue weighted by atomic mass is 10.1. The first kappa shape index (κ1) is 14.6. The van der Waals surface area contributed by atoms with Gasteiger partial charge in [0.2, 0.25) is 6.79 Å². The molecule has 112 valence electrons. The van der Waals surface area contributed by atoms with E-state index < -0.39 is 17.3 Å². The number of aromatic nitrogens is 1. The number of aliphatic hydroxyl groups is 1. The van der Waals surface area contributed by atoms with E-state index in [2.05, 4.69) is 20.9 Å². The van der Waals surface area contributed by atoms with E-state index in [1.54, 1.807) is 6.07 Å². The van der Waals surface area contributed by atoms with Gasteiger partial charge in [-0.05, 0) is 33.6 Å². The van der Waals surface area contributed by atoms with Crippen LogP contribution in [-0.4, -0.2) is 16.9 Å². The van der Waals surface area contributed by atoms with Crippen molar-refractivity contribution in [2.45, 2.75) is 12.3 Å². The first-order valence-corrected chi connectivity index (χ1v) is 7.27. The molecule has 1 aromatic heterocycles. The van der Waals surface area contributed by atoms with E-state index in [0.717, 1.165) is 6.20 Å². The fourth-order valence-electron chi connectivity index (χ4n) is 1.85. The fourth-order valence-corrected chi connectivity index (χ4v) is 3.23. The van der Waals surface area contributed by atoms with Crippen LogP contribution >= 0.6 is 27.3 Å². The number of benzene rings is 1. The van der Waals surface area contributed by atoms with E-state index in [-0.39, 0.29) is 11.7 Å². The number of rotatable bonds is 2. The summed E-state index contributed by atoms with van der Waals surface area (Å²) in [7, 11) is 0. The van der Waals surface area contributed by atoms with Gasteiger partial charge < -0.3 is 14.6 Å². The molecule has 4 nitrogen and oxygen atoms in total. The van der Waals surface area contributed by atoms with Crippen molar-refractivity contribution in [3.8, 4) is 11.5 Å². The quantitative estimate of drug-likeness (QED) is 0.860. The number of hydrogen-bond donors (Lipinski definition) is 1. The number of aliphatic hydroxyl groups excluding tert-OH is 1. The zero-order chi connectivity index (χ0) is 15.2. The van der Waals surface area contributed by atoms with Crippen LogP contribution < -0.4 is 9.47 Å². The van der Waals surface area contributed by atoms with Crippen molar-refractivity contribution in [1.29, 1.82) is 0 Å². The molecule has 21 heavy (non-hydrogen) atoms. The Labute approximate surface area is 129 Å². The van der Waals surface area contributed by atoms with E-state index >= 15 is 0 Å². The van der Waals surface area contributed by atoms with Gasteiger partial charge in [-0.2, -0.15) is 13.2 Å². The SMILES string of the molecule is OC(c1cc(Br)c2c(c1)OCO2)c1cnc(C(F)(F)F)s1. The molecule has 0 fully saturated rings. The van der Waals surface area contributed by atoms with E-state index in [0.29, 0.717) is 32.9 Å². The monoisotopic (exact) mass is 381 g/mol. The van der Waals surface area contributed by atoms with Gasteiger partial charge in [0.1, 0.15) is 6.10 Å². The Kier molecular flexibility index (Phi) is 3.58. The molecule has 0 saturated carbocycles. The van der Waals surface area contributed by atoms with Crippen LogP contribution in [0.4, 0.5) is 13.2 Å². The minimum Gasteiger partial charge on any atom is -0.454 e. The molecule has 2 heterocycles. The Morgan fingerprint density at radius 3 is 2.76 bits per heavy atom. The molecule has 2 aromatic rings. The van der Waals surface area contributed by atoms with Crippen LogP contribution in [0.25, 0.3) is 0 Å². The zero-order valence-corrected chi connectivity index (χ0v) is 12.6. The average Bonchev–Trinajstić information content (AvgIpc) is 3.05. The zero-order valence-electron chi connectivity index (χ0n) is 10.1. The van der Waals surface area contributed by atoms with Crippen molar-refractivity contribution >= 4 is 27.3 Å². The highest BCUT2D eigenvalue weighted by molar-refractivity contribution is 9.10. The largest absolute Gasteiger partial charge is 0.454 e. The van der Waals surface area contributed by atoms with Gasteiger partial charge in [-0.15, -0.1) is 11.3 Å². The van der Waals surface area contributed by atoms with Crippen LogP contribution in [0.1, 0.15) is 21.6 Å². The molecule has 9 heteroatoms. The summed E-state index contributed by atoms with van der Waals surface area (Å²) >= 11 is 3.68. The van der Waals surface area contributed by atoms with Crippen LogP contribution in [0.15, 0.2) is 22.8 Å². The van der Waals surface area contributed by atoms with Crippen molar-refractivity contribution in [3.63, 3.8) is 0 Å². The third-order valence-corrected chi connectivity index (χ3v) is 4.48. The predicted octanol–water partition coefficient (Wildman–Crippen LogP) is 3.73. The van der Waals surface area contributed by atoms with Gasteiger partial charge in [0, 0.05) is 6.20 Å². The maximum Gasteiger partial charge on any atom is 0.443 e. The minimum absolute atomic E-state index is 0.0618. The second-order valence-corrected chi connectivity index (χ2v) is 6.12. The number of alkyl halides is 3. The Bertz CT molecular complexity index is 689. The topological polar surface area (TPSA) is 51.6 Å². The molecule has 0 saturated heterocycles. The van der Waals surface area contributed by atoms with E-state index in [1.165, 1.54) is 6.07 Å². The molecule has 3 rings (SSSR count). The normalized spacial score (nSPS) is 15.3. The summed E-state index contributed by atoms with van der Waals surface area (Å²) in [5, 5.41) is 9.22. The maximum atomic E-state index is 12.5. The molecular weight excluding hydrogens is 375 g/mol. The van der Waals surface area contributed by atoms with Gasteiger partial charge in [0.05, 0.1) is 9.35 Å². The highest BCUT2D eigenvalue weighted by Gasteiger charge is 2.35. The fraction of sp³-hybridized carbons (Fsp3) is 0.250. The lowest BCUT2D eigenvalue weighted by Crippen LogP contribution is -2.03. The molecule has 1 aliphatic rings. The molecule has 0 bridgehead atoms. The summed E-state index contributed by atoms with van der Waals surface area (Å²) < 4.78 is 48.6. The van der Waals surface area contributed by atoms with E-state index in [1.807, 2.05) is 0 Å². The molecule has 0 aliphatic carbocycles. The van der Waals surface area contributed by atoms with Crippen LogP contribution in [0.3, 0.4) is 0 Å². The number of hydrogen-bond acceptors (Lipinski definition) is 5. The Balaban J connectivity index is 1.94. The first-order valence-electron chi connectivity index (χ1n) is 5.66. The molecular formula is C12H7BrF3NO3S. The Morgan fingerprint density at radius 2 is 2.10 bits per heavy atom. The number of nitrogens with zero attached hydrogens (tertiary/aromatic N) is 1. The molecule has 1 aromatic carbocycles. The van der Waals surface area contributed by atoms with Crippen LogP contribution in [0, 0.1) is 0 Å². The summed E-state index contributed by atoms with van der Waals surface area (Å²) in [4.78, 5) is 3.40. The first-order chi connectivity index (χ1) is 9.86. The molecule has 0 spiro atoms. The van der Waals surface area contributed by atoms with Gasteiger partial charge in [0.25, 0.3) is 0 Å². The van der Waals surface area contributed by atoms with Crippen LogP contribution in [0.5, 0.6) is 11.5 Å². The molecule has 0 amide bonds. The average molecular weight is 382 g/mol. The number of ether oxygens (including phenoxy) is 2. The van der Waals surface area contributed by atoms with E-state index in [4.69, 9.17) is 9.47 Å². The van der Waals surface area contributed by atoms with Crippen molar-refractivity contribution in [2.24, 2.45) is 0 Å². The lowest BCUT2D eigenvalue weighted by molar-refractivity contribution is -0.137. The van der Waals surface area contributed by atoms with Crippen molar-refractivity contribution in [2.75, 3.05) is 6.79 Å². The number of thiazole rings is 1. The van der Waals surface area contributed by atoms with Gasteiger partial charge in [-0.1, -0.05) is 0 Å². The van der Waals surface area contributed by atoms with Crippen LogP contribution in [-0.2, 0) is 6.18 Å². The highest BCUT2D eigenvalue weighted by Crippen LogP contribution is 2.43. The second-order valence-electron chi connectivity index (χ2n) is 4.20. The molecule has 1 aliphatic heterocycles. The van der Waals surface area contributed by atoms with Crippen molar-refractivity contribution in [1.82, 2.24) is 4.98 Å². The summed E-state index contributed by atoms with van der Waals surface area (Å²) in [5.74, 6) is 0.935. The molecule has 1 unspecified atom stereocenters. The van der Waals surface area contributed by atoms with E-state index in [9.17, 15) is 18.3 Å². The highest BCUT2D eigenvalue weighted by atomic mass is 79.9.